The van der Waals surface area contributed by atoms with Crippen molar-refractivity contribution in [2.24, 2.45) is 5.92 Å². The van der Waals surface area contributed by atoms with Crippen molar-refractivity contribution in [1.82, 2.24) is 10.2 Å². The number of benzene rings is 2. The number of hydrogen-bond acceptors (Lipinski definition) is 2. The highest BCUT2D eigenvalue weighted by Gasteiger charge is 2.26. The lowest BCUT2D eigenvalue weighted by molar-refractivity contribution is 0.206. The molecule has 4 nitrogen and oxygen atoms in total. The number of aliphatic hydroxyl groups excluding tert-OH is 1. The molecule has 2 aromatic carbocycles. The van der Waals surface area contributed by atoms with Crippen molar-refractivity contribution in [1.29, 1.82) is 0 Å². The van der Waals surface area contributed by atoms with Gasteiger partial charge in [0.25, 0.3) is 0 Å². The molecule has 0 spiro atoms. The molecule has 1 heterocycles. The van der Waals surface area contributed by atoms with Crippen molar-refractivity contribution < 1.29 is 9.90 Å². The summed E-state index contributed by atoms with van der Waals surface area (Å²) in [5.41, 5.74) is 3.21. The van der Waals surface area contributed by atoms with Crippen LogP contribution in [0.3, 0.4) is 0 Å². The molecule has 1 aliphatic rings. The largest absolute Gasteiger partial charge is 0.392 e. The normalized spacial score (nSPS) is 17.0. The molecule has 4 heteroatoms. The van der Waals surface area contributed by atoms with E-state index in [0.29, 0.717) is 12.5 Å². The lowest BCUT2D eigenvalue weighted by Crippen LogP contribution is -2.38. The van der Waals surface area contributed by atoms with E-state index < -0.39 is 0 Å². The Labute approximate surface area is 143 Å². The fourth-order valence-electron chi connectivity index (χ4n) is 3.26. The Morgan fingerprint density at radius 3 is 2.62 bits per heavy atom. The Hall–Kier alpha value is -2.33. The molecular formula is C20H24N2O2. The second kappa shape index (κ2) is 7.97. The third kappa shape index (κ3) is 4.36. The van der Waals surface area contributed by atoms with Crippen LogP contribution in [0.5, 0.6) is 0 Å². The quantitative estimate of drug-likeness (QED) is 0.888. The molecule has 1 aliphatic heterocycles. The summed E-state index contributed by atoms with van der Waals surface area (Å²) >= 11 is 0. The van der Waals surface area contributed by atoms with Gasteiger partial charge in [0.05, 0.1) is 6.61 Å². The Kier molecular flexibility index (Phi) is 5.49. The van der Waals surface area contributed by atoms with Gasteiger partial charge in [-0.1, -0.05) is 54.6 Å². The maximum atomic E-state index is 12.3. The molecule has 0 radical (unpaired) electrons. The summed E-state index contributed by atoms with van der Waals surface area (Å²) in [7, 11) is 0. The molecule has 0 bridgehead atoms. The Bertz CT molecular complexity index is 672. The van der Waals surface area contributed by atoms with Crippen molar-refractivity contribution in [3.8, 4) is 0 Å². The number of hydrogen-bond donors (Lipinski definition) is 2. The van der Waals surface area contributed by atoms with Crippen LogP contribution in [0.2, 0.25) is 0 Å². The van der Waals surface area contributed by atoms with Gasteiger partial charge in [-0.05, 0) is 35.4 Å². The molecule has 2 amide bonds. The average Bonchev–Trinajstić information content (AvgIpc) is 3.09. The minimum Gasteiger partial charge on any atom is -0.392 e. The number of amides is 2. The zero-order valence-corrected chi connectivity index (χ0v) is 13.8. The van der Waals surface area contributed by atoms with E-state index in [4.69, 9.17) is 5.11 Å². The summed E-state index contributed by atoms with van der Waals surface area (Å²) in [6, 6.07) is 18.1. The highest BCUT2D eigenvalue weighted by atomic mass is 16.3. The lowest BCUT2D eigenvalue weighted by atomic mass is 9.99. The van der Waals surface area contributed by atoms with Gasteiger partial charge >= 0.3 is 6.03 Å². The first-order chi connectivity index (χ1) is 11.7. The van der Waals surface area contributed by atoms with Crippen molar-refractivity contribution in [2.75, 3.05) is 13.1 Å². The molecular weight excluding hydrogens is 300 g/mol. The summed E-state index contributed by atoms with van der Waals surface area (Å²) < 4.78 is 0. The number of carbonyl (C=O) groups excluding carboxylic acids is 1. The molecule has 1 saturated heterocycles. The molecule has 2 aromatic rings. The number of carbonyl (C=O) groups is 1. The topological polar surface area (TPSA) is 52.6 Å². The number of nitrogens with zero attached hydrogens (tertiary/aromatic N) is 1. The van der Waals surface area contributed by atoms with Crippen molar-refractivity contribution in [2.45, 2.75) is 26.0 Å². The molecule has 0 aromatic heterocycles. The van der Waals surface area contributed by atoms with E-state index in [1.807, 2.05) is 35.2 Å². The van der Waals surface area contributed by atoms with E-state index in [-0.39, 0.29) is 12.6 Å². The van der Waals surface area contributed by atoms with Crippen molar-refractivity contribution >= 4 is 6.03 Å². The van der Waals surface area contributed by atoms with Crippen LogP contribution < -0.4 is 5.32 Å². The summed E-state index contributed by atoms with van der Waals surface area (Å²) in [5.74, 6) is 0.538. The molecule has 1 atom stereocenters. The first kappa shape index (κ1) is 16.5. The smallest absolute Gasteiger partial charge is 0.317 e. The third-order valence-electron chi connectivity index (χ3n) is 4.56. The standard InChI is InChI=1S/C20H24N2O2/c23-15-19-8-4-7-17(12-19)13-21-20(24)22-10-9-18(14-22)11-16-5-2-1-3-6-16/h1-8,12,18,23H,9-11,13-15H2,(H,21,24)/t18-/m0/s1. The van der Waals surface area contributed by atoms with Crippen LogP contribution >= 0.6 is 0 Å². The van der Waals surface area contributed by atoms with Gasteiger partial charge in [0.15, 0.2) is 0 Å². The van der Waals surface area contributed by atoms with Crippen LogP contribution in [-0.2, 0) is 19.6 Å². The first-order valence-electron chi connectivity index (χ1n) is 8.50. The van der Waals surface area contributed by atoms with Crippen molar-refractivity contribution in [3.63, 3.8) is 0 Å². The monoisotopic (exact) mass is 324 g/mol. The van der Waals surface area contributed by atoms with Crippen LogP contribution in [0.15, 0.2) is 54.6 Å². The van der Waals surface area contributed by atoms with E-state index >= 15 is 0 Å². The second-order valence-corrected chi connectivity index (χ2v) is 6.43. The Morgan fingerprint density at radius 2 is 1.83 bits per heavy atom. The molecule has 24 heavy (non-hydrogen) atoms. The number of likely N-dealkylation sites (tertiary alicyclic amines) is 1. The minimum absolute atomic E-state index is 0.0000341. The van der Waals surface area contributed by atoms with Gasteiger partial charge in [0.1, 0.15) is 0 Å². The van der Waals surface area contributed by atoms with Gasteiger partial charge in [0, 0.05) is 19.6 Å². The maximum Gasteiger partial charge on any atom is 0.317 e. The molecule has 0 saturated carbocycles. The SMILES string of the molecule is O=C(NCc1cccc(CO)c1)N1CC[C@@H](Cc2ccccc2)C1. The zero-order chi connectivity index (χ0) is 16.8. The molecule has 0 aliphatic carbocycles. The summed E-state index contributed by atoms with van der Waals surface area (Å²) in [6.45, 7) is 2.15. The van der Waals surface area contributed by atoms with Crippen molar-refractivity contribution in [3.05, 3.63) is 71.3 Å². The van der Waals surface area contributed by atoms with Crippen LogP contribution in [-0.4, -0.2) is 29.1 Å². The second-order valence-electron chi connectivity index (χ2n) is 6.43. The van der Waals surface area contributed by atoms with Crippen LogP contribution in [0, 0.1) is 5.92 Å². The van der Waals surface area contributed by atoms with E-state index in [9.17, 15) is 4.79 Å². The molecule has 3 rings (SSSR count). The van der Waals surface area contributed by atoms with E-state index in [1.165, 1.54) is 5.56 Å². The van der Waals surface area contributed by atoms with Gasteiger partial charge in [-0.15, -0.1) is 0 Å². The fourth-order valence-corrected chi connectivity index (χ4v) is 3.26. The number of rotatable bonds is 5. The predicted molar refractivity (Wildman–Crippen MR) is 94.4 cm³/mol. The maximum absolute atomic E-state index is 12.3. The van der Waals surface area contributed by atoms with Gasteiger partial charge in [-0.2, -0.15) is 0 Å². The van der Waals surface area contributed by atoms with E-state index in [0.717, 1.165) is 37.1 Å². The Balaban J connectivity index is 1.47. The summed E-state index contributed by atoms with van der Waals surface area (Å²) in [4.78, 5) is 14.2. The number of nitrogens with one attached hydrogen (secondary N) is 1. The Morgan fingerprint density at radius 1 is 1.08 bits per heavy atom. The van der Waals surface area contributed by atoms with Gasteiger partial charge in [0.2, 0.25) is 0 Å². The van der Waals surface area contributed by atoms with Crippen LogP contribution in [0.4, 0.5) is 4.79 Å². The lowest BCUT2D eigenvalue weighted by Gasteiger charge is -2.17. The fraction of sp³-hybridized carbons (Fsp3) is 0.350. The van der Waals surface area contributed by atoms with Crippen LogP contribution in [0.25, 0.3) is 0 Å². The first-order valence-corrected chi connectivity index (χ1v) is 8.50. The van der Waals surface area contributed by atoms with E-state index in [2.05, 4.69) is 29.6 Å². The predicted octanol–water partition coefficient (Wildman–Crippen LogP) is 2.95. The average molecular weight is 324 g/mol. The molecule has 126 valence electrons. The highest BCUT2D eigenvalue weighted by molar-refractivity contribution is 5.74. The highest BCUT2D eigenvalue weighted by Crippen LogP contribution is 2.20. The third-order valence-corrected chi connectivity index (χ3v) is 4.56. The molecule has 2 N–H and O–H groups in total. The van der Waals surface area contributed by atoms with Gasteiger partial charge < -0.3 is 15.3 Å². The molecule has 0 unspecified atom stereocenters. The van der Waals surface area contributed by atoms with Gasteiger partial charge in [-0.25, -0.2) is 4.79 Å². The number of urea groups is 1. The zero-order valence-electron chi connectivity index (χ0n) is 13.8. The molecule has 1 fully saturated rings. The van der Waals surface area contributed by atoms with E-state index in [1.54, 1.807) is 0 Å². The van der Waals surface area contributed by atoms with Gasteiger partial charge in [-0.3, -0.25) is 0 Å². The number of aliphatic hydroxyl groups is 1. The van der Waals surface area contributed by atoms with Crippen LogP contribution in [0.1, 0.15) is 23.1 Å². The summed E-state index contributed by atoms with van der Waals surface area (Å²) in [5, 5.41) is 12.1. The summed E-state index contributed by atoms with van der Waals surface area (Å²) in [6.07, 6.45) is 2.09. The minimum atomic E-state index is -0.0000341.